The molecule has 2 aromatic carbocycles. The fourth-order valence-electron chi connectivity index (χ4n) is 3.63. The summed E-state index contributed by atoms with van der Waals surface area (Å²) < 4.78 is 5.26. The molecule has 1 aliphatic rings. The van der Waals surface area contributed by atoms with Gasteiger partial charge in [-0.15, -0.1) is 0 Å². The third-order valence-electron chi connectivity index (χ3n) is 5.30. The van der Waals surface area contributed by atoms with Crippen LogP contribution < -0.4 is 15.4 Å². The number of carbonyl (C=O) groups excluding carboxylic acids is 2. The number of hydrogen-bond donors (Lipinski definition) is 2. The first kappa shape index (κ1) is 20.9. The van der Waals surface area contributed by atoms with E-state index in [0.29, 0.717) is 18.7 Å². The van der Waals surface area contributed by atoms with Gasteiger partial charge in [-0.1, -0.05) is 24.3 Å². The van der Waals surface area contributed by atoms with Crippen LogP contribution in [0.25, 0.3) is 0 Å². The molecule has 1 atom stereocenters. The van der Waals surface area contributed by atoms with E-state index in [2.05, 4.69) is 27.7 Å². The summed E-state index contributed by atoms with van der Waals surface area (Å²) in [6.45, 7) is 4.60. The van der Waals surface area contributed by atoms with Gasteiger partial charge in [0.2, 0.25) is 5.91 Å². The van der Waals surface area contributed by atoms with Crippen LogP contribution in [-0.2, 0) is 11.3 Å². The Kier molecular flexibility index (Phi) is 7.25. The molecule has 0 spiro atoms. The van der Waals surface area contributed by atoms with Crippen LogP contribution in [0.2, 0.25) is 0 Å². The molecular weight excluding hydrogens is 366 g/mol. The van der Waals surface area contributed by atoms with Crippen LogP contribution in [0.3, 0.4) is 0 Å². The molecule has 6 nitrogen and oxygen atoms in total. The summed E-state index contributed by atoms with van der Waals surface area (Å²) in [6, 6.07) is 15.6. The minimum atomic E-state index is -0.0891. The Bertz CT molecular complexity index is 812. The molecule has 0 radical (unpaired) electrons. The lowest BCUT2D eigenvalue weighted by Crippen LogP contribution is -2.36. The molecular formula is C23H29N3O3. The summed E-state index contributed by atoms with van der Waals surface area (Å²) in [6.07, 6.45) is 2.38. The number of likely N-dealkylation sites (tertiary alicyclic amines) is 1. The van der Waals surface area contributed by atoms with E-state index < -0.39 is 0 Å². The fourth-order valence-corrected chi connectivity index (χ4v) is 3.63. The molecule has 0 saturated carbocycles. The number of hydrogen-bond acceptors (Lipinski definition) is 4. The first-order valence-electron chi connectivity index (χ1n) is 10.1. The molecule has 29 heavy (non-hydrogen) atoms. The van der Waals surface area contributed by atoms with Crippen molar-refractivity contribution in [3.8, 4) is 5.75 Å². The molecule has 1 aliphatic heterocycles. The van der Waals surface area contributed by atoms with Gasteiger partial charge >= 0.3 is 0 Å². The predicted octanol–water partition coefficient (Wildman–Crippen LogP) is 2.90. The van der Waals surface area contributed by atoms with E-state index in [1.165, 1.54) is 25.3 Å². The number of nitrogens with zero attached hydrogens (tertiary/aromatic N) is 1. The Labute approximate surface area is 172 Å². The Morgan fingerprint density at radius 1 is 1.00 bits per heavy atom. The largest absolute Gasteiger partial charge is 0.497 e. The minimum absolute atomic E-state index is 0.0710. The zero-order chi connectivity index (χ0) is 20.6. The molecule has 154 valence electrons. The fraction of sp³-hybridized carbons (Fsp3) is 0.391. The van der Waals surface area contributed by atoms with Crippen LogP contribution in [-0.4, -0.2) is 43.5 Å². The van der Waals surface area contributed by atoms with E-state index in [-0.39, 0.29) is 17.9 Å². The van der Waals surface area contributed by atoms with Crippen molar-refractivity contribution in [1.29, 1.82) is 0 Å². The number of carbonyl (C=O) groups is 2. The number of benzene rings is 2. The summed E-state index contributed by atoms with van der Waals surface area (Å²) in [5.74, 6) is 0.671. The van der Waals surface area contributed by atoms with Crippen molar-refractivity contribution in [2.75, 3.05) is 26.7 Å². The van der Waals surface area contributed by atoms with Crippen molar-refractivity contribution >= 4 is 11.8 Å². The van der Waals surface area contributed by atoms with E-state index in [0.717, 1.165) is 24.4 Å². The maximum Gasteiger partial charge on any atom is 0.251 e. The average Bonchev–Trinajstić information content (AvgIpc) is 3.27. The quantitative estimate of drug-likeness (QED) is 0.721. The van der Waals surface area contributed by atoms with Crippen LogP contribution in [0.15, 0.2) is 48.5 Å². The molecule has 2 N–H and O–H groups in total. The first-order chi connectivity index (χ1) is 14.1. The third kappa shape index (κ3) is 5.81. The second kappa shape index (κ2) is 10.1. The molecule has 6 heteroatoms. The molecule has 1 fully saturated rings. The topological polar surface area (TPSA) is 70.7 Å². The second-order valence-electron chi connectivity index (χ2n) is 7.35. The highest BCUT2D eigenvalue weighted by molar-refractivity contribution is 5.94. The molecule has 2 amide bonds. The summed E-state index contributed by atoms with van der Waals surface area (Å²) >= 11 is 0. The molecule has 1 saturated heterocycles. The number of nitrogens with one attached hydrogen (secondary N) is 2. The summed E-state index contributed by atoms with van der Waals surface area (Å²) in [5, 5.41) is 5.85. The van der Waals surface area contributed by atoms with Crippen LogP contribution in [0.5, 0.6) is 5.75 Å². The van der Waals surface area contributed by atoms with Gasteiger partial charge in [-0.2, -0.15) is 0 Å². The molecule has 1 heterocycles. The highest BCUT2D eigenvalue weighted by Crippen LogP contribution is 2.26. The highest BCUT2D eigenvalue weighted by Gasteiger charge is 2.24. The van der Waals surface area contributed by atoms with Crippen LogP contribution in [0.1, 0.15) is 47.3 Å². The lowest BCUT2D eigenvalue weighted by atomic mass is 10.0. The first-order valence-corrected chi connectivity index (χ1v) is 10.1. The van der Waals surface area contributed by atoms with Crippen molar-refractivity contribution in [1.82, 2.24) is 15.5 Å². The lowest BCUT2D eigenvalue weighted by Gasteiger charge is -2.28. The molecule has 0 aliphatic carbocycles. The van der Waals surface area contributed by atoms with Gasteiger partial charge in [0, 0.05) is 25.6 Å². The van der Waals surface area contributed by atoms with Crippen molar-refractivity contribution in [2.45, 2.75) is 32.4 Å². The molecule has 1 unspecified atom stereocenters. The average molecular weight is 396 g/mol. The third-order valence-corrected chi connectivity index (χ3v) is 5.30. The zero-order valence-electron chi connectivity index (χ0n) is 17.1. The lowest BCUT2D eigenvalue weighted by molar-refractivity contribution is -0.119. The summed E-state index contributed by atoms with van der Waals surface area (Å²) in [5.41, 5.74) is 2.76. The number of amides is 2. The Morgan fingerprint density at radius 2 is 1.66 bits per heavy atom. The van der Waals surface area contributed by atoms with Gasteiger partial charge in [-0.3, -0.25) is 14.5 Å². The second-order valence-corrected chi connectivity index (χ2v) is 7.35. The van der Waals surface area contributed by atoms with E-state index >= 15 is 0 Å². The number of ether oxygens (including phenoxy) is 1. The van der Waals surface area contributed by atoms with Gasteiger partial charge in [0.1, 0.15) is 5.75 Å². The SMILES string of the molecule is COc1ccc(C(CNC(=O)c2ccc(CNC(C)=O)cc2)N2CCCC2)cc1. The Morgan fingerprint density at radius 3 is 2.24 bits per heavy atom. The van der Waals surface area contributed by atoms with E-state index in [9.17, 15) is 9.59 Å². The maximum absolute atomic E-state index is 12.7. The smallest absolute Gasteiger partial charge is 0.251 e. The summed E-state index contributed by atoms with van der Waals surface area (Å²) in [7, 11) is 1.66. The van der Waals surface area contributed by atoms with Crippen LogP contribution in [0, 0.1) is 0 Å². The van der Waals surface area contributed by atoms with Crippen molar-refractivity contribution in [3.05, 3.63) is 65.2 Å². The number of rotatable bonds is 8. The van der Waals surface area contributed by atoms with Gasteiger partial charge in [-0.05, 0) is 61.3 Å². The van der Waals surface area contributed by atoms with Gasteiger partial charge in [0.25, 0.3) is 5.91 Å². The van der Waals surface area contributed by atoms with Gasteiger partial charge in [0.05, 0.1) is 13.2 Å². The van der Waals surface area contributed by atoms with E-state index in [4.69, 9.17) is 4.74 Å². The van der Waals surface area contributed by atoms with Crippen LogP contribution in [0.4, 0.5) is 0 Å². The minimum Gasteiger partial charge on any atom is -0.497 e. The van der Waals surface area contributed by atoms with Gasteiger partial charge in [-0.25, -0.2) is 0 Å². The molecule has 3 rings (SSSR count). The highest BCUT2D eigenvalue weighted by atomic mass is 16.5. The van der Waals surface area contributed by atoms with E-state index in [1.807, 2.05) is 24.3 Å². The zero-order valence-corrected chi connectivity index (χ0v) is 17.1. The Balaban J connectivity index is 1.63. The Hall–Kier alpha value is -2.86. The van der Waals surface area contributed by atoms with Crippen molar-refractivity contribution < 1.29 is 14.3 Å². The van der Waals surface area contributed by atoms with Crippen molar-refractivity contribution in [2.24, 2.45) is 0 Å². The standard InChI is InChI=1S/C23H29N3O3/c1-17(27)24-15-18-5-7-20(8-6-18)23(28)25-16-22(26-13-3-4-14-26)19-9-11-21(29-2)12-10-19/h5-12,22H,3-4,13-16H2,1-2H3,(H,24,27)(H,25,28). The number of methoxy groups -OCH3 is 1. The summed E-state index contributed by atoms with van der Waals surface area (Å²) in [4.78, 5) is 26.1. The predicted molar refractivity (Wildman–Crippen MR) is 113 cm³/mol. The van der Waals surface area contributed by atoms with Gasteiger partial charge in [0.15, 0.2) is 0 Å². The molecule has 0 bridgehead atoms. The molecule has 0 aromatic heterocycles. The van der Waals surface area contributed by atoms with Gasteiger partial charge < -0.3 is 15.4 Å². The molecule has 2 aromatic rings. The van der Waals surface area contributed by atoms with Crippen LogP contribution >= 0.6 is 0 Å². The van der Waals surface area contributed by atoms with Crippen molar-refractivity contribution in [3.63, 3.8) is 0 Å². The maximum atomic E-state index is 12.7. The monoisotopic (exact) mass is 395 g/mol. The van der Waals surface area contributed by atoms with E-state index in [1.54, 1.807) is 19.2 Å². The normalized spacial score (nSPS) is 15.0.